The molecule has 3 aromatic rings. The van der Waals surface area contributed by atoms with Crippen LogP contribution < -0.4 is 21.1 Å². The van der Waals surface area contributed by atoms with E-state index in [1.54, 1.807) is 25.1 Å². The minimum Gasteiger partial charge on any atom is -0.493 e. The van der Waals surface area contributed by atoms with Gasteiger partial charge in [-0.15, -0.1) is 5.53 Å². The number of hydrogen-bond donors (Lipinski definition) is 3. The number of aromatic nitrogens is 1. The fourth-order valence-electron chi connectivity index (χ4n) is 7.12. The Morgan fingerprint density at radius 1 is 0.900 bits per heavy atom. The van der Waals surface area contributed by atoms with E-state index >= 15 is 0 Å². The van der Waals surface area contributed by atoms with Gasteiger partial charge < -0.3 is 30.0 Å². The number of hydrogen-bond acceptors (Lipinski definition) is 6. The summed E-state index contributed by atoms with van der Waals surface area (Å²) in [6.45, 7) is 3.49. The molecule has 9 nitrogen and oxygen atoms in total. The van der Waals surface area contributed by atoms with Gasteiger partial charge in [-0.2, -0.15) is 13.2 Å². The maximum Gasteiger partial charge on any atom is 0.406 e. The van der Waals surface area contributed by atoms with Crippen LogP contribution in [0.1, 0.15) is 30.5 Å². The van der Waals surface area contributed by atoms with E-state index in [-0.39, 0.29) is 14.7 Å². The van der Waals surface area contributed by atoms with Crippen LogP contribution in [-0.2, 0) is 6.54 Å². The Morgan fingerprint density at radius 3 is 2.15 bits per heavy atom. The summed E-state index contributed by atoms with van der Waals surface area (Å²) in [7, 11) is 0. The molecule has 2 unspecified atom stereocenters. The number of hydrazine groups is 2. The Kier molecular flexibility index (Phi) is 5.67. The van der Waals surface area contributed by atoms with Gasteiger partial charge in [-0.25, -0.2) is 0 Å². The van der Waals surface area contributed by atoms with Crippen molar-refractivity contribution in [2.75, 3.05) is 43.6 Å². The Balaban J connectivity index is 0.00000176. The van der Waals surface area contributed by atoms with Gasteiger partial charge in [-0.3, -0.25) is 9.59 Å². The van der Waals surface area contributed by atoms with E-state index in [0.717, 1.165) is 15.9 Å². The molecule has 2 saturated heterocycles. The predicted octanol–water partition coefficient (Wildman–Crippen LogP) is 4.44. The number of carbonyl (C=O) groups excluding carboxylic acids is 2. The Bertz CT molecular complexity index is 1510. The highest BCUT2D eigenvalue weighted by atomic mass is 19.4. The third kappa shape index (κ3) is 4.04. The van der Waals surface area contributed by atoms with Crippen LogP contribution in [0.15, 0.2) is 42.6 Å². The van der Waals surface area contributed by atoms with Crippen LogP contribution >= 0.6 is 0 Å². The monoisotopic (exact) mass is 558 g/mol. The van der Waals surface area contributed by atoms with E-state index in [0.29, 0.717) is 84.2 Å². The Labute approximate surface area is 231 Å². The first-order valence-electron chi connectivity index (χ1n) is 13.5. The zero-order chi connectivity index (χ0) is 27.8. The number of likely N-dealkylation sites (tertiary alicyclic amines) is 2. The molecule has 7 rings (SSSR count). The number of fused-ring (bicyclic) bond motifs is 6. The van der Waals surface area contributed by atoms with Crippen molar-refractivity contribution in [3.63, 3.8) is 0 Å². The molecule has 0 spiro atoms. The second-order valence-electron chi connectivity index (χ2n) is 11.1. The van der Waals surface area contributed by atoms with Gasteiger partial charge in [-0.1, -0.05) is 0 Å². The average Bonchev–Trinajstić information content (AvgIpc) is 3.70. The zero-order valence-corrected chi connectivity index (χ0v) is 21.8. The molecule has 3 fully saturated rings. The minimum atomic E-state index is -4.38. The quantitative estimate of drug-likeness (QED) is 0.429. The van der Waals surface area contributed by atoms with Crippen LogP contribution in [0.25, 0.3) is 10.9 Å². The van der Waals surface area contributed by atoms with Crippen molar-refractivity contribution in [1.29, 1.82) is 0 Å². The van der Waals surface area contributed by atoms with Gasteiger partial charge >= 0.3 is 6.18 Å². The number of benzene rings is 2. The second kappa shape index (κ2) is 9.05. The molecule has 12 heteroatoms. The number of nitrogens with zero attached hydrogens (tertiary/aromatic N) is 3. The molecule has 0 radical (unpaired) electrons. The van der Waals surface area contributed by atoms with Crippen molar-refractivity contribution >= 4 is 34.1 Å². The van der Waals surface area contributed by atoms with E-state index in [1.165, 1.54) is 6.20 Å². The van der Waals surface area contributed by atoms with Crippen LogP contribution in [0.4, 0.5) is 24.5 Å². The fourth-order valence-corrected chi connectivity index (χ4v) is 7.12. The number of nitrogens with one attached hydrogen (secondary N) is 3. The molecule has 214 valence electrons. The number of halogens is 3. The molecular formula is C28H33F3N6O3. The van der Waals surface area contributed by atoms with Gasteiger partial charge in [0.15, 0.2) is 0 Å². The standard InChI is InChI=1S/C28H29F3N6O3.2H2/c1-2-40-25-9-16(8-24-17(25)5-6-35(24)14-28(29,30)31)27(39)37-12-20-18-10-36(11-19(18)21(20)13-37)26(38)15-3-4-22-23(7-15)33-34-32-22;;/h3-9,18-21,32-34H,2,10-14H2,1H3;2*1H/t18-,19+,20?,21?;;. The summed E-state index contributed by atoms with van der Waals surface area (Å²) in [4.78, 5) is 30.6. The van der Waals surface area contributed by atoms with Crippen LogP contribution in [-0.4, -0.2) is 65.1 Å². The van der Waals surface area contributed by atoms with E-state index in [1.807, 2.05) is 28.0 Å². The van der Waals surface area contributed by atoms with Crippen molar-refractivity contribution < 1.29 is 30.4 Å². The number of rotatable bonds is 5. The molecule has 1 saturated carbocycles. The number of amides is 2. The van der Waals surface area contributed by atoms with Crippen molar-refractivity contribution in [2.45, 2.75) is 19.6 Å². The lowest BCUT2D eigenvalue weighted by atomic mass is 9.60. The zero-order valence-electron chi connectivity index (χ0n) is 21.8. The van der Waals surface area contributed by atoms with E-state index in [9.17, 15) is 22.8 Å². The first kappa shape index (κ1) is 25.1. The molecule has 1 aromatic heterocycles. The van der Waals surface area contributed by atoms with Crippen molar-refractivity contribution in [3.05, 3.63) is 53.7 Å². The molecule has 40 heavy (non-hydrogen) atoms. The highest BCUT2D eigenvalue weighted by Crippen LogP contribution is 2.54. The van der Waals surface area contributed by atoms with Gasteiger partial charge in [0, 0.05) is 51.7 Å². The second-order valence-corrected chi connectivity index (χ2v) is 11.1. The molecule has 1 aliphatic carbocycles. The molecular weight excluding hydrogens is 525 g/mol. The van der Waals surface area contributed by atoms with E-state index < -0.39 is 12.7 Å². The summed E-state index contributed by atoms with van der Waals surface area (Å²) in [6, 6.07) is 10.3. The molecule has 4 heterocycles. The molecule has 4 aliphatic rings. The van der Waals surface area contributed by atoms with Gasteiger partial charge in [0.2, 0.25) is 0 Å². The SMILES string of the molecule is CCOc1cc(C(=O)N2CC3C(C2)[C@@H]2CN(C(=O)c4ccc5c(c4)NNN5)C[C@H]32)cc2c1ccn2CC(F)(F)F.[HH].[HH]. The van der Waals surface area contributed by atoms with Crippen LogP contribution in [0, 0.1) is 23.7 Å². The summed E-state index contributed by atoms with van der Waals surface area (Å²) in [5.41, 5.74) is 11.8. The largest absolute Gasteiger partial charge is 0.493 e. The van der Waals surface area contributed by atoms with E-state index in [4.69, 9.17) is 4.74 Å². The Hall–Kier alpha value is -3.93. The summed E-state index contributed by atoms with van der Waals surface area (Å²) < 4.78 is 46.3. The first-order chi connectivity index (χ1) is 19.2. The summed E-state index contributed by atoms with van der Waals surface area (Å²) >= 11 is 0. The van der Waals surface area contributed by atoms with E-state index in [2.05, 4.69) is 16.4 Å². The third-order valence-corrected chi connectivity index (χ3v) is 8.91. The molecule has 0 bridgehead atoms. The van der Waals surface area contributed by atoms with Crippen molar-refractivity contribution in [2.24, 2.45) is 23.7 Å². The van der Waals surface area contributed by atoms with Crippen molar-refractivity contribution in [3.8, 4) is 5.75 Å². The average molecular weight is 559 g/mol. The highest BCUT2D eigenvalue weighted by Gasteiger charge is 2.59. The lowest BCUT2D eigenvalue weighted by molar-refractivity contribution is -0.139. The van der Waals surface area contributed by atoms with Gasteiger partial charge in [-0.05, 0) is 67.0 Å². The lowest BCUT2D eigenvalue weighted by Gasteiger charge is -2.42. The summed E-state index contributed by atoms with van der Waals surface area (Å²) in [6.07, 6.45) is -3.00. The lowest BCUT2D eigenvalue weighted by Crippen LogP contribution is -2.44. The Morgan fingerprint density at radius 2 is 1.52 bits per heavy atom. The normalized spacial score (nSPS) is 24.7. The van der Waals surface area contributed by atoms with Gasteiger partial charge in [0.25, 0.3) is 11.8 Å². The van der Waals surface area contributed by atoms with Gasteiger partial charge in [0.1, 0.15) is 12.3 Å². The number of alkyl halides is 3. The molecule has 3 aliphatic heterocycles. The highest BCUT2D eigenvalue weighted by molar-refractivity contribution is 6.00. The maximum atomic E-state index is 13.6. The third-order valence-electron chi connectivity index (χ3n) is 8.91. The van der Waals surface area contributed by atoms with Gasteiger partial charge in [0.05, 0.1) is 23.5 Å². The molecule has 2 aromatic carbocycles. The summed E-state index contributed by atoms with van der Waals surface area (Å²) in [5.74, 6) is 1.52. The minimum absolute atomic E-state index is 0. The number of ether oxygens (including phenoxy) is 1. The maximum absolute atomic E-state index is 13.6. The first-order valence-corrected chi connectivity index (χ1v) is 13.5. The predicted molar refractivity (Wildman–Crippen MR) is 146 cm³/mol. The van der Waals surface area contributed by atoms with Crippen LogP contribution in [0.5, 0.6) is 5.75 Å². The topological polar surface area (TPSA) is 90.9 Å². The number of carbonyl (C=O) groups is 2. The van der Waals surface area contributed by atoms with Crippen LogP contribution in [0.2, 0.25) is 0 Å². The van der Waals surface area contributed by atoms with Crippen molar-refractivity contribution in [1.82, 2.24) is 19.9 Å². The molecule has 4 atom stereocenters. The van der Waals surface area contributed by atoms with Crippen LogP contribution in [0.3, 0.4) is 0 Å². The molecule has 3 N–H and O–H groups in total. The molecule has 2 amide bonds. The summed E-state index contributed by atoms with van der Waals surface area (Å²) in [5, 5.41) is 0.551. The smallest absolute Gasteiger partial charge is 0.406 e. The number of anilines is 2. The fraction of sp³-hybridized carbons (Fsp3) is 0.429.